The van der Waals surface area contributed by atoms with Gasteiger partial charge in [-0.25, -0.2) is 13.2 Å². The number of benzene rings is 1. The van der Waals surface area contributed by atoms with Gasteiger partial charge >= 0.3 is 5.97 Å². The Morgan fingerprint density at radius 2 is 1.67 bits per heavy atom. The van der Waals surface area contributed by atoms with E-state index in [0.717, 1.165) is 12.1 Å². The molecule has 1 aromatic carbocycles. The van der Waals surface area contributed by atoms with Gasteiger partial charge in [-0.2, -0.15) is 0 Å². The highest BCUT2D eigenvalue weighted by atomic mass is 32.2. The Kier molecular flexibility index (Phi) is 2.61. The van der Waals surface area contributed by atoms with Gasteiger partial charge in [-0.3, -0.25) is 0 Å². The average molecular weight is 376 g/mol. The summed E-state index contributed by atoms with van der Waals surface area (Å²) >= 11 is 0. The summed E-state index contributed by atoms with van der Waals surface area (Å²) in [4.78, 5) is 11.5. The van der Waals surface area contributed by atoms with Crippen LogP contribution in [0.4, 0.5) is 0 Å². The molecule has 0 aliphatic rings. The minimum absolute atomic E-state index is 0.416. The lowest BCUT2D eigenvalue weighted by molar-refractivity contribution is 0.0696. The van der Waals surface area contributed by atoms with Crippen LogP contribution in [0, 0.1) is 0 Å². The quantitative estimate of drug-likeness (QED) is 0.536. The normalized spacial score (nSPS) is 30.5. The summed E-state index contributed by atoms with van der Waals surface area (Å²) in [6.45, 7) is 0.445. The Hall–Kier alpha value is -1.36. The van der Waals surface area contributed by atoms with Gasteiger partial charge in [0.05, 0.1) is 18.4 Å². The smallest absolute Gasteiger partial charge is 0.335 e. The van der Waals surface area contributed by atoms with Gasteiger partial charge in [-0.05, 0) is 18.0 Å². The van der Waals surface area contributed by atoms with Gasteiger partial charge in [-0.15, -0.1) is 0 Å². The van der Waals surface area contributed by atoms with Crippen molar-refractivity contribution in [3.63, 3.8) is 0 Å². The van der Waals surface area contributed by atoms with Crippen LogP contribution in [0.2, 0.25) is 0 Å². The van der Waals surface area contributed by atoms with E-state index < -0.39 is 102 Å². The van der Waals surface area contributed by atoms with Crippen LogP contribution in [0.15, 0.2) is 24.2 Å². The van der Waals surface area contributed by atoms with Crippen LogP contribution in [-0.2, 0) is 15.6 Å². The highest BCUT2D eigenvalue weighted by Crippen LogP contribution is 2.15. The molecule has 0 aliphatic heterocycles. The molecule has 0 spiro atoms. The van der Waals surface area contributed by atoms with Gasteiger partial charge in [0.1, 0.15) is 0 Å². The minimum Gasteiger partial charge on any atom is -0.478 e. The van der Waals surface area contributed by atoms with E-state index in [9.17, 15) is 18.3 Å². The predicted molar refractivity (Wildman–Crippen MR) is 98.1 cm³/mol. The molecule has 0 unspecified atom stereocenters. The highest BCUT2D eigenvalue weighted by molar-refractivity contribution is 7.90. The van der Waals surface area contributed by atoms with E-state index in [1.807, 2.05) is 0 Å². The maximum absolute atomic E-state index is 13.1. The molecule has 0 bridgehead atoms. The van der Waals surface area contributed by atoms with Crippen LogP contribution in [0.5, 0.6) is 0 Å². The molecule has 0 atom stereocenters. The number of sulfone groups is 1. The molecule has 5 heteroatoms. The van der Waals surface area contributed by atoms with Crippen molar-refractivity contribution in [1.29, 1.82) is 0 Å². The summed E-state index contributed by atoms with van der Waals surface area (Å²) in [7, 11) is -5.77. The molecule has 0 aromatic heterocycles. The van der Waals surface area contributed by atoms with Gasteiger partial charge < -0.3 is 5.11 Å². The summed E-state index contributed by atoms with van der Waals surface area (Å²) in [5, 5.41) is 9.33. The fourth-order valence-electron chi connectivity index (χ4n) is 1.38. The number of carboxylic acid groups (broad SMARTS) is 1. The van der Waals surface area contributed by atoms with E-state index in [1.54, 1.807) is 0 Å². The van der Waals surface area contributed by atoms with E-state index in [4.69, 9.17) is 28.8 Å². The molecule has 0 saturated heterocycles. The molecule has 0 aliphatic carbocycles. The standard InChI is InChI=1S/C19H30O4S/c1-2-3-4-5-6-7-8-9-12-15-24(22,23)16-17-13-10-11-14-18(17)19(20)21/h10-11,13-14H,2-9,12,15-16H2,1H3,(H,20,21)/i2D2,3D2,4D2,5D2,6D2,7D2,8D2,9D2,11D,12D2,15D2. The van der Waals surface area contributed by atoms with Gasteiger partial charge in [0.15, 0.2) is 9.84 Å². The molecule has 1 N–H and O–H groups in total. The largest absolute Gasteiger partial charge is 0.478 e. The van der Waals surface area contributed by atoms with Crippen LogP contribution >= 0.6 is 0 Å². The number of rotatable bonds is 13. The lowest BCUT2D eigenvalue weighted by atomic mass is 10.1. The highest BCUT2D eigenvalue weighted by Gasteiger charge is 2.16. The molecule has 0 amide bonds. The Morgan fingerprint density at radius 1 is 1.08 bits per heavy atom. The SMILES string of the molecule is [2H]c1ccc(CS(=O)(=O)C([2H])([2H])C([2H])([2H])C([2H])([2H])C([2H])([2H])C([2H])([2H])C([2H])([2H])C([2H])([2H])C([2H])([2H])C([2H])([2H])C([2H])([2H])C)c(C(=O)O)c1. The lowest BCUT2D eigenvalue weighted by Gasteiger charge is -2.07. The summed E-state index contributed by atoms with van der Waals surface area (Å²) in [6.07, 6.45) is -40.0. The van der Waals surface area contributed by atoms with Gasteiger partial charge in [0.2, 0.25) is 0 Å². The fraction of sp³-hybridized carbons (Fsp3) is 0.632. The van der Waals surface area contributed by atoms with E-state index in [2.05, 4.69) is 0 Å². The maximum Gasteiger partial charge on any atom is 0.335 e. The number of hydrogen-bond acceptors (Lipinski definition) is 3. The van der Waals surface area contributed by atoms with Crippen molar-refractivity contribution in [1.82, 2.24) is 0 Å². The zero-order valence-electron chi connectivity index (χ0n) is 33.5. The maximum atomic E-state index is 13.1. The number of aromatic carboxylic acids is 1. The van der Waals surface area contributed by atoms with E-state index >= 15 is 0 Å². The van der Waals surface area contributed by atoms with Crippen LogP contribution < -0.4 is 0 Å². The van der Waals surface area contributed by atoms with Crippen LogP contribution in [0.1, 0.15) is 109 Å². The monoisotopic (exact) mass is 375 g/mol. The third-order valence-electron chi connectivity index (χ3n) is 2.30. The second kappa shape index (κ2) is 11.2. The van der Waals surface area contributed by atoms with Crippen LogP contribution in [-0.4, -0.2) is 25.2 Å². The Bertz CT molecular complexity index is 1410. The molecule has 136 valence electrons. The molecule has 1 aromatic rings. The Balaban J connectivity index is 3.87. The second-order valence-corrected chi connectivity index (χ2v) is 5.72. The van der Waals surface area contributed by atoms with Crippen molar-refractivity contribution in [2.45, 2.75) is 70.0 Å². The number of carboxylic acids is 1. The van der Waals surface area contributed by atoms with E-state index in [-0.39, 0.29) is 0 Å². The fourth-order valence-corrected chi connectivity index (χ4v) is 2.32. The van der Waals surface area contributed by atoms with Crippen LogP contribution in [0.3, 0.4) is 0 Å². The molecule has 0 saturated carbocycles. The summed E-state index contributed by atoms with van der Waals surface area (Å²) < 4.78 is 194. The molecule has 1 rings (SSSR count). The third kappa shape index (κ3) is 8.48. The first-order valence-corrected chi connectivity index (χ1v) is 8.00. The molecular formula is C19H30O4S. The van der Waals surface area contributed by atoms with Crippen molar-refractivity contribution in [3.05, 3.63) is 35.4 Å². The van der Waals surface area contributed by atoms with Crippen LogP contribution in [0.25, 0.3) is 0 Å². The molecule has 0 radical (unpaired) electrons. The zero-order chi connectivity index (χ0) is 36.6. The molecular weight excluding hydrogens is 324 g/mol. The molecule has 4 nitrogen and oxygen atoms in total. The van der Waals surface area contributed by atoms with Gasteiger partial charge in [0.25, 0.3) is 0 Å². The zero-order valence-corrected chi connectivity index (χ0v) is 13.3. The molecule has 0 heterocycles. The average Bonchev–Trinajstić information content (AvgIpc) is 2.82. The summed E-state index contributed by atoms with van der Waals surface area (Å²) in [5.74, 6) is -3.44. The second-order valence-electron chi connectivity index (χ2n) is 4.00. The van der Waals surface area contributed by atoms with Crippen molar-refractivity contribution in [2.24, 2.45) is 0 Å². The predicted octanol–water partition coefficient (Wildman–Crippen LogP) is 4.83. The van der Waals surface area contributed by atoms with Gasteiger partial charge in [0, 0.05) is 27.4 Å². The van der Waals surface area contributed by atoms with Crippen molar-refractivity contribution in [3.8, 4) is 0 Å². The summed E-state index contributed by atoms with van der Waals surface area (Å²) in [5.41, 5.74) is -6.11. The first-order valence-electron chi connectivity index (χ1n) is 16.8. The number of carbonyl (C=O) groups is 1. The minimum atomic E-state index is -5.77. The Labute approximate surface area is 175 Å². The van der Waals surface area contributed by atoms with Gasteiger partial charge in [-0.1, -0.05) is 76.1 Å². The topological polar surface area (TPSA) is 71.4 Å². The van der Waals surface area contributed by atoms with E-state index in [1.165, 1.54) is 0 Å². The first kappa shape index (κ1) is 5.57. The molecule has 0 fully saturated rings. The first-order chi connectivity index (χ1) is 19.3. The third-order valence-corrected chi connectivity index (χ3v) is 3.40. The van der Waals surface area contributed by atoms with E-state index in [0.29, 0.717) is 13.0 Å². The van der Waals surface area contributed by atoms with Crippen molar-refractivity contribution >= 4 is 15.8 Å². The van der Waals surface area contributed by atoms with Crippen molar-refractivity contribution in [2.75, 3.05) is 5.70 Å². The summed E-state index contributed by atoms with van der Waals surface area (Å²) in [6, 6.07) is 1.92. The molecule has 24 heavy (non-hydrogen) atoms. The lowest BCUT2D eigenvalue weighted by Crippen LogP contribution is -2.12. The Morgan fingerprint density at radius 3 is 2.25 bits per heavy atom. The van der Waals surface area contributed by atoms with Crippen molar-refractivity contribution < 1.29 is 47.1 Å². The number of hydrogen-bond donors (Lipinski definition) is 1.